The first-order valence-electron chi connectivity index (χ1n) is 6.69. The van der Waals surface area contributed by atoms with E-state index in [2.05, 4.69) is 23.8 Å². The van der Waals surface area contributed by atoms with Gasteiger partial charge >= 0.3 is 6.09 Å². The van der Waals surface area contributed by atoms with Gasteiger partial charge in [-0.15, -0.1) is 0 Å². The predicted molar refractivity (Wildman–Crippen MR) is 74.8 cm³/mol. The largest absolute Gasteiger partial charge is 0.444 e. The van der Waals surface area contributed by atoms with Gasteiger partial charge in [-0.25, -0.2) is 9.78 Å². The van der Waals surface area contributed by atoms with Gasteiger partial charge < -0.3 is 9.72 Å². The highest BCUT2D eigenvalue weighted by Crippen LogP contribution is 2.21. The maximum atomic E-state index is 12.3. The predicted octanol–water partition coefficient (Wildman–Crippen LogP) is 3.36. The average molecular weight is 267 g/mol. The lowest BCUT2D eigenvalue weighted by molar-refractivity contribution is 0.0140. The minimum absolute atomic E-state index is 0.132. The van der Waals surface area contributed by atoms with Crippen molar-refractivity contribution in [2.24, 2.45) is 5.92 Å². The molecule has 1 aromatic rings. The van der Waals surface area contributed by atoms with Crippen LogP contribution in [0.4, 0.5) is 4.79 Å². The zero-order chi connectivity index (χ0) is 14.6. The second-order valence-corrected chi connectivity index (χ2v) is 6.18. The lowest BCUT2D eigenvalue weighted by Crippen LogP contribution is -2.40. The summed E-state index contributed by atoms with van der Waals surface area (Å²) in [5.74, 6) is 1.14. The zero-order valence-corrected chi connectivity index (χ0v) is 12.7. The number of H-pyrrole nitrogens is 1. The quantitative estimate of drug-likeness (QED) is 0.910. The fraction of sp³-hybridized carbons (Fsp3) is 0.714. The van der Waals surface area contributed by atoms with Crippen LogP contribution in [0, 0.1) is 5.92 Å². The molecule has 1 aromatic heterocycles. The molecule has 5 heteroatoms. The molecule has 5 nitrogen and oxygen atoms in total. The smallest absolute Gasteiger partial charge is 0.410 e. The fourth-order valence-electron chi connectivity index (χ4n) is 1.76. The normalized spacial score (nSPS) is 13.4. The summed E-state index contributed by atoms with van der Waals surface area (Å²) in [5.41, 5.74) is -0.491. The monoisotopic (exact) mass is 267 g/mol. The standard InChI is InChI=1S/C14H25N3O2/c1-10(2)9-17(13(18)19-14(4,5)6)11(3)12-15-7-8-16-12/h7-8,10-11H,9H2,1-6H3,(H,15,16)/t11-/m0/s1. The molecule has 0 saturated heterocycles. The summed E-state index contributed by atoms with van der Waals surface area (Å²) < 4.78 is 5.47. The van der Waals surface area contributed by atoms with Gasteiger partial charge in [-0.3, -0.25) is 4.90 Å². The molecule has 0 spiro atoms. The number of hydrogen-bond acceptors (Lipinski definition) is 3. The van der Waals surface area contributed by atoms with Crippen molar-refractivity contribution in [2.75, 3.05) is 6.54 Å². The summed E-state index contributed by atoms with van der Waals surface area (Å²) in [4.78, 5) is 21.3. The first kappa shape index (κ1) is 15.5. The van der Waals surface area contributed by atoms with Gasteiger partial charge in [0.25, 0.3) is 0 Å². The first-order chi connectivity index (χ1) is 8.70. The molecular formula is C14H25N3O2. The van der Waals surface area contributed by atoms with Gasteiger partial charge in [0.05, 0.1) is 6.04 Å². The Labute approximate surface area is 115 Å². The molecular weight excluding hydrogens is 242 g/mol. The van der Waals surface area contributed by atoms with E-state index in [0.717, 1.165) is 5.82 Å². The maximum absolute atomic E-state index is 12.3. The van der Waals surface area contributed by atoms with Crippen molar-refractivity contribution in [3.8, 4) is 0 Å². The van der Waals surface area contributed by atoms with Gasteiger partial charge in [-0.05, 0) is 33.6 Å². The van der Waals surface area contributed by atoms with Crippen LogP contribution in [0.3, 0.4) is 0 Å². The van der Waals surface area contributed by atoms with Crippen LogP contribution < -0.4 is 0 Å². The number of ether oxygens (including phenoxy) is 1. The Morgan fingerprint density at radius 2 is 2.05 bits per heavy atom. The topological polar surface area (TPSA) is 58.2 Å². The molecule has 0 saturated carbocycles. The summed E-state index contributed by atoms with van der Waals surface area (Å²) in [6.07, 6.45) is 3.15. The van der Waals surface area contributed by atoms with E-state index in [-0.39, 0.29) is 12.1 Å². The molecule has 1 N–H and O–H groups in total. The Morgan fingerprint density at radius 1 is 1.42 bits per heavy atom. The second kappa shape index (κ2) is 6.08. The molecule has 0 aliphatic heterocycles. The average Bonchev–Trinajstić information content (AvgIpc) is 2.75. The third kappa shape index (κ3) is 4.93. The Morgan fingerprint density at radius 3 is 2.47 bits per heavy atom. The van der Waals surface area contributed by atoms with Gasteiger partial charge in [-0.2, -0.15) is 0 Å². The summed E-state index contributed by atoms with van der Waals surface area (Å²) in [6, 6.07) is -0.132. The molecule has 0 aromatic carbocycles. The number of imidazole rings is 1. The number of amides is 1. The van der Waals surface area contributed by atoms with E-state index in [1.807, 2.05) is 27.7 Å². The third-order valence-electron chi connectivity index (χ3n) is 2.57. The van der Waals surface area contributed by atoms with Crippen LogP contribution in [0.15, 0.2) is 12.4 Å². The summed E-state index contributed by atoms with van der Waals surface area (Å²) in [6.45, 7) is 12.3. The molecule has 0 bridgehead atoms. The Bertz CT molecular complexity index is 393. The van der Waals surface area contributed by atoms with E-state index in [0.29, 0.717) is 12.5 Å². The second-order valence-electron chi connectivity index (χ2n) is 6.18. The lowest BCUT2D eigenvalue weighted by Gasteiger charge is -2.32. The molecule has 108 valence electrons. The molecule has 0 aliphatic rings. The molecule has 0 unspecified atom stereocenters. The van der Waals surface area contributed by atoms with E-state index in [4.69, 9.17) is 4.74 Å². The highest BCUT2D eigenvalue weighted by atomic mass is 16.6. The number of aromatic amines is 1. The molecule has 1 amide bonds. The fourth-order valence-corrected chi connectivity index (χ4v) is 1.76. The van der Waals surface area contributed by atoms with Gasteiger partial charge in [-0.1, -0.05) is 13.8 Å². The maximum Gasteiger partial charge on any atom is 0.410 e. The molecule has 19 heavy (non-hydrogen) atoms. The van der Waals surface area contributed by atoms with Crippen LogP contribution in [0.25, 0.3) is 0 Å². The third-order valence-corrected chi connectivity index (χ3v) is 2.57. The van der Waals surface area contributed by atoms with E-state index < -0.39 is 5.60 Å². The van der Waals surface area contributed by atoms with E-state index in [1.54, 1.807) is 17.3 Å². The van der Waals surface area contributed by atoms with Gasteiger partial charge in [0, 0.05) is 18.9 Å². The number of aromatic nitrogens is 2. The SMILES string of the molecule is CC(C)CN(C(=O)OC(C)(C)C)[C@@H](C)c1ncc[nH]1. The van der Waals surface area contributed by atoms with Gasteiger partial charge in [0.2, 0.25) is 0 Å². The number of nitrogens with zero attached hydrogens (tertiary/aromatic N) is 2. The van der Waals surface area contributed by atoms with Crippen molar-refractivity contribution in [1.29, 1.82) is 0 Å². The van der Waals surface area contributed by atoms with Crippen LogP contribution in [0.2, 0.25) is 0 Å². The number of carbonyl (C=O) groups excluding carboxylic acids is 1. The van der Waals surface area contributed by atoms with Crippen LogP contribution >= 0.6 is 0 Å². The highest BCUT2D eigenvalue weighted by molar-refractivity contribution is 5.68. The number of hydrogen-bond donors (Lipinski definition) is 1. The Balaban J connectivity index is 2.85. The van der Waals surface area contributed by atoms with E-state index in [1.165, 1.54) is 0 Å². The lowest BCUT2D eigenvalue weighted by atomic mass is 10.1. The summed E-state index contributed by atoms with van der Waals surface area (Å²) >= 11 is 0. The number of nitrogens with one attached hydrogen (secondary N) is 1. The summed E-state index contributed by atoms with van der Waals surface area (Å²) in [7, 11) is 0. The van der Waals surface area contributed by atoms with Crippen LogP contribution in [-0.4, -0.2) is 33.1 Å². The minimum Gasteiger partial charge on any atom is -0.444 e. The summed E-state index contributed by atoms with van der Waals surface area (Å²) in [5, 5.41) is 0. The van der Waals surface area contributed by atoms with Crippen LogP contribution in [0.1, 0.15) is 53.4 Å². The van der Waals surface area contributed by atoms with E-state index >= 15 is 0 Å². The Hall–Kier alpha value is -1.52. The first-order valence-corrected chi connectivity index (χ1v) is 6.69. The highest BCUT2D eigenvalue weighted by Gasteiger charge is 2.28. The van der Waals surface area contributed by atoms with Crippen molar-refractivity contribution in [2.45, 2.75) is 53.2 Å². The van der Waals surface area contributed by atoms with Crippen molar-refractivity contribution in [3.05, 3.63) is 18.2 Å². The minimum atomic E-state index is -0.491. The van der Waals surface area contributed by atoms with Crippen molar-refractivity contribution in [3.63, 3.8) is 0 Å². The van der Waals surface area contributed by atoms with Crippen molar-refractivity contribution >= 4 is 6.09 Å². The van der Waals surface area contributed by atoms with Crippen LogP contribution in [-0.2, 0) is 4.74 Å². The van der Waals surface area contributed by atoms with Crippen molar-refractivity contribution < 1.29 is 9.53 Å². The number of carbonyl (C=O) groups is 1. The number of rotatable bonds is 4. The molecule has 1 rings (SSSR count). The molecule has 0 aliphatic carbocycles. The molecule has 1 atom stereocenters. The molecule has 0 fully saturated rings. The zero-order valence-electron chi connectivity index (χ0n) is 12.7. The Kier molecular flexibility index (Phi) is 4.97. The van der Waals surface area contributed by atoms with E-state index in [9.17, 15) is 4.79 Å². The van der Waals surface area contributed by atoms with Gasteiger partial charge in [0.15, 0.2) is 0 Å². The molecule has 1 heterocycles. The molecule has 0 radical (unpaired) electrons. The van der Waals surface area contributed by atoms with Crippen molar-refractivity contribution in [1.82, 2.24) is 14.9 Å². The van der Waals surface area contributed by atoms with Gasteiger partial charge in [0.1, 0.15) is 11.4 Å². The van der Waals surface area contributed by atoms with Crippen LogP contribution in [0.5, 0.6) is 0 Å².